The zero-order valence-corrected chi connectivity index (χ0v) is 14.7. The Morgan fingerprint density at radius 1 is 1.27 bits per heavy atom. The molecule has 0 amide bonds. The Labute approximate surface area is 150 Å². The summed E-state index contributed by atoms with van der Waals surface area (Å²) >= 11 is 0. The molecule has 2 aromatic rings. The van der Waals surface area contributed by atoms with Crippen LogP contribution >= 0.6 is 0 Å². The monoisotopic (exact) mass is 304 g/mol. The normalized spacial score (nSPS) is 15.3. The molecule has 0 atom stereocenters. The van der Waals surface area contributed by atoms with Crippen molar-refractivity contribution in [3.63, 3.8) is 0 Å². The molecule has 3 rings (SSSR count). The van der Waals surface area contributed by atoms with Gasteiger partial charge in [-0.3, -0.25) is 4.79 Å². The van der Waals surface area contributed by atoms with Gasteiger partial charge in [-0.05, 0) is 13.0 Å². The molecule has 1 aromatic heterocycles. The van der Waals surface area contributed by atoms with Crippen LogP contribution in [0.5, 0.6) is 0 Å². The van der Waals surface area contributed by atoms with Crippen molar-refractivity contribution in [1.82, 2.24) is 5.16 Å². The van der Waals surface area contributed by atoms with Crippen LogP contribution in [0, 0.1) is 6.92 Å². The molecule has 1 aliphatic carbocycles. The molecule has 6 heteroatoms. The molecule has 0 aliphatic heterocycles. The molecule has 0 saturated heterocycles. The number of ketones is 1. The Morgan fingerprint density at radius 2 is 1.95 bits per heavy atom. The summed E-state index contributed by atoms with van der Waals surface area (Å²) in [5, 5.41) is 15.7. The third-order valence-corrected chi connectivity index (χ3v) is 3.39. The van der Waals surface area contributed by atoms with Gasteiger partial charge in [0, 0.05) is 17.5 Å². The summed E-state index contributed by atoms with van der Waals surface area (Å²) in [5.74, 6) is -0.392. The average Bonchev–Trinajstić information content (AvgIpc) is 2.85. The van der Waals surface area contributed by atoms with Crippen LogP contribution in [-0.4, -0.2) is 16.7 Å². The summed E-state index contributed by atoms with van der Waals surface area (Å²) in [4.78, 5) is 16.4. The van der Waals surface area contributed by atoms with Gasteiger partial charge in [0.25, 0.3) is 0 Å². The number of allylic oxidation sites excluding steroid dienone is 2. The number of nitrogens with zero attached hydrogens (tertiary/aromatic N) is 2. The van der Waals surface area contributed by atoms with Gasteiger partial charge in [0.2, 0.25) is 0 Å². The number of carbonyl (C=O) groups is 1. The molecule has 0 radical (unpaired) electrons. The molecule has 1 heterocycles. The van der Waals surface area contributed by atoms with Crippen molar-refractivity contribution in [1.29, 1.82) is 0 Å². The first-order chi connectivity index (χ1) is 10.1. The Balaban J connectivity index is 0.00000176. The smallest absolute Gasteiger partial charge is 0.870 e. The summed E-state index contributed by atoms with van der Waals surface area (Å²) in [5.41, 5.74) is 2.80. The molecule has 5 nitrogen and oxygen atoms in total. The van der Waals surface area contributed by atoms with E-state index in [1.54, 1.807) is 25.1 Å². The van der Waals surface area contributed by atoms with Gasteiger partial charge in [0.05, 0.1) is 5.71 Å². The van der Waals surface area contributed by atoms with Crippen molar-refractivity contribution in [2.45, 2.75) is 20.3 Å². The zero-order valence-electron chi connectivity index (χ0n) is 12.7. The van der Waals surface area contributed by atoms with Crippen molar-refractivity contribution >= 4 is 17.2 Å². The van der Waals surface area contributed by atoms with E-state index in [9.17, 15) is 9.90 Å². The van der Waals surface area contributed by atoms with E-state index in [0.717, 1.165) is 0 Å². The average molecular weight is 304 g/mol. The van der Waals surface area contributed by atoms with Gasteiger partial charge in [0.15, 0.2) is 11.5 Å². The van der Waals surface area contributed by atoms with E-state index in [1.165, 1.54) is 6.08 Å². The van der Waals surface area contributed by atoms with Crippen molar-refractivity contribution in [3.05, 3.63) is 58.7 Å². The predicted octanol–water partition coefficient (Wildman–Crippen LogP) is -0.889. The summed E-state index contributed by atoms with van der Waals surface area (Å²) in [7, 11) is 0. The topological polar surface area (TPSA) is 78.5 Å². The number of Topliss-reactive ketones (excluding diaryl/α,β-unsaturated/α-hetero) is 1. The van der Waals surface area contributed by atoms with Crippen molar-refractivity contribution in [2.75, 3.05) is 0 Å². The van der Waals surface area contributed by atoms with Gasteiger partial charge in [0.1, 0.15) is 11.4 Å². The second-order valence-corrected chi connectivity index (χ2v) is 4.77. The Kier molecular flexibility index (Phi) is 5.01. The Hall–Kier alpha value is -1.69. The van der Waals surface area contributed by atoms with Crippen LogP contribution in [-0.2, 0) is 6.42 Å². The number of rotatable bonds is 2. The van der Waals surface area contributed by atoms with Crippen LogP contribution < -0.4 is 34.7 Å². The molecule has 0 fully saturated rings. The summed E-state index contributed by atoms with van der Waals surface area (Å²) in [6, 6.07) is 6.96. The van der Waals surface area contributed by atoms with E-state index >= 15 is 0 Å². The van der Waals surface area contributed by atoms with Crippen molar-refractivity contribution in [2.24, 2.45) is 4.99 Å². The van der Waals surface area contributed by atoms with E-state index in [0.29, 0.717) is 40.4 Å². The van der Waals surface area contributed by atoms with Crippen LogP contribution in [0.25, 0.3) is 0 Å². The minimum Gasteiger partial charge on any atom is -0.870 e. The summed E-state index contributed by atoms with van der Waals surface area (Å²) in [6.07, 6.45) is 1.93. The summed E-state index contributed by atoms with van der Waals surface area (Å²) < 4.78 is 5.20. The number of hydrogen-bond donors (Lipinski definition) is 0. The van der Waals surface area contributed by atoms with E-state index in [4.69, 9.17) is 4.52 Å². The molecule has 1 aliphatic rings. The third-order valence-electron chi connectivity index (χ3n) is 3.39. The number of aryl methyl sites for hydroxylation is 2. The SMILES string of the molecule is CCc1onc(C)c1N=C1C=C([O-])C(=O)c2ccccc21.[Na+]. The fourth-order valence-corrected chi connectivity index (χ4v) is 2.30. The molecule has 0 unspecified atom stereocenters. The van der Waals surface area contributed by atoms with Gasteiger partial charge in [-0.2, -0.15) is 0 Å². The fraction of sp³-hybridized carbons (Fsp3) is 0.188. The number of aromatic nitrogens is 1. The maximum absolute atomic E-state index is 11.9. The second-order valence-electron chi connectivity index (χ2n) is 4.77. The van der Waals surface area contributed by atoms with Gasteiger partial charge in [-0.15, -0.1) is 0 Å². The van der Waals surface area contributed by atoms with Crippen molar-refractivity contribution < 1.29 is 44.0 Å². The fourth-order valence-electron chi connectivity index (χ4n) is 2.30. The minimum absolute atomic E-state index is 0. The van der Waals surface area contributed by atoms with Crippen LogP contribution in [0.2, 0.25) is 0 Å². The molecule has 0 bridgehead atoms. The number of aliphatic imine (C=N–C) groups is 1. The number of benzene rings is 1. The maximum Gasteiger partial charge on any atom is 1.00 e. The molecule has 106 valence electrons. The first-order valence-corrected chi connectivity index (χ1v) is 6.68. The molecular weight excluding hydrogens is 291 g/mol. The van der Waals surface area contributed by atoms with Crippen molar-refractivity contribution in [3.8, 4) is 0 Å². The van der Waals surface area contributed by atoms with Gasteiger partial charge >= 0.3 is 29.6 Å². The Bertz CT molecular complexity index is 790. The van der Waals surface area contributed by atoms with Crippen LogP contribution in [0.1, 0.15) is 34.3 Å². The van der Waals surface area contributed by atoms with Crippen LogP contribution in [0.3, 0.4) is 0 Å². The molecule has 1 aromatic carbocycles. The van der Waals surface area contributed by atoms with Gasteiger partial charge in [-0.25, -0.2) is 4.99 Å². The van der Waals surface area contributed by atoms with Crippen LogP contribution in [0.4, 0.5) is 5.69 Å². The molecule has 0 spiro atoms. The molecular formula is C16H13N2NaO3. The largest absolute Gasteiger partial charge is 1.00 e. The Morgan fingerprint density at radius 3 is 2.64 bits per heavy atom. The first-order valence-electron chi connectivity index (χ1n) is 6.68. The second kappa shape index (κ2) is 6.60. The zero-order chi connectivity index (χ0) is 15.0. The molecule has 22 heavy (non-hydrogen) atoms. The number of fused-ring (bicyclic) bond motifs is 1. The van der Waals surface area contributed by atoms with Crippen LogP contribution in [0.15, 0.2) is 45.6 Å². The molecule has 0 saturated carbocycles. The molecule has 0 N–H and O–H groups in total. The number of carbonyl (C=O) groups excluding carboxylic acids is 1. The third kappa shape index (κ3) is 2.79. The van der Waals surface area contributed by atoms with Gasteiger partial charge < -0.3 is 9.63 Å². The summed E-state index contributed by atoms with van der Waals surface area (Å²) in [6.45, 7) is 3.74. The van der Waals surface area contributed by atoms with Gasteiger partial charge in [-0.1, -0.05) is 42.1 Å². The quantitative estimate of drug-likeness (QED) is 0.674. The van der Waals surface area contributed by atoms with E-state index in [-0.39, 0.29) is 29.6 Å². The standard InChI is InChI=1S/C16H14N2O3.Na/c1-3-14-15(9(2)18-21-14)17-12-8-13(19)16(20)11-7-5-4-6-10(11)12;/h4-8,19H,3H2,1-2H3;/q;+1/p-1. The van der Waals surface area contributed by atoms with E-state index in [2.05, 4.69) is 10.1 Å². The first kappa shape index (κ1) is 16.7. The van der Waals surface area contributed by atoms with E-state index < -0.39 is 11.5 Å². The number of hydrogen-bond acceptors (Lipinski definition) is 5. The van der Waals surface area contributed by atoms with E-state index in [1.807, 2.05) is 13.0 Å². The minimum atomic E-state index is -0.556. The predicted molar refractivity (Wildman–Crippen MR) is 75.7 cm³/mol. The maximum atomic E-state index is 11.9.